The molecular formula is C20H18N2O. The summed E-state index contributed by atoms with van der Waals surface area (Å²) < 4.78 is 1.82. The molecule has 0 aliphatic carbocycles. The van der Waals surface area contributed by atoms with Crippen LogP contribution in [0.3, 0.4) is 0 Å². The van der Waals surface area contributed by atoms with Crippen LogP contribution in [0, 0.1) is 6.92 Å². The lowest BCUT2D eigenvalue weighted by Crippen LogP contribution is -2.00. The van der Waals surface area contributed by atoms with Crippen LogP contribution in [0.15, 0.2) is 60.7 Å². The van der Waals surface area contributed by atoms with Gasteiger partial charge in [-0.3, -0.25) is 4.79 Å². The van der Waals surface area contributed by atoms with Gasteiger partial charge in [0.25, 0.3) is 0 Å². The first kappa shape index (κ1) is 15.0. The predicted molar refractivity (Wildman–Crippen MR) is 93.7 cm³/mol. The molecule has 0 radical (unpaired) electrons. The molecule has 0 aliphatic rings. The summed E-state index contributed by atoms with van der Waals surface area (Å²) in [5.74, 6) is 0.0254. The smallest absolute Gasteiger partial charge is 0.163 e. The molecule has 0 N–H and O–H groups in total. The van der Waals surface area contributed by atoms with Crippen molar-refractivity contribution in [3.63, 3.8) is 0 Å². The second kappa shape index (κ2) is 6.44. The van der Waals surface area contributed by atoms with Gasteiger partial charge in [0.05, 0.1) is 22.6 Å². The molecule has 3 heteroatoms. The number of rotatable bonds is 4. The van der Waals surface area contributed by atoms with E-state index in [0.29, 0.717) is 11.3 Å². The Morgan fingerprint density at radius 3 is 2.17 bits per heavy atom. The third-order valence-corrected chi connectivity index (χ3v) is 3.73. The van der Waals surface area contributed by atoms with Crippen LogP contribution in [-0.2, 0) is 0 Å². The summed E-state index contributed by atoms with van der Waals surface area (Å²) in [4.78, 5) is 12.1. The summed E-state index contributed by atoms with van der Waals surface area (Å²) in [6.45, 7) is 3.51. The van der Waals surface area contributed by atoms with E-state index >= 15 is 0 Å². The number of Topliss-reactive ketones (excluding diaryl/α,β-unsaturated/α-hetero) is 1. The Balaban J connectivity index is 2.06. The van der Waals surface area contributed by atoms with Crippen LogP contribution in [0.1, 0.15) is 34.2 Å². The van der Waals surface area contributed by atoms with Crippen LogP contribution in [0.25, 0.3) is 17.8 Å². The Bertz CT molecular complexity index is 846. The maximum Gasteiger partial charge on any atom is 0.163 e. The van der Waals surface area contributed by atoms with E-state index in [-0.39, 0.29) is 5.78 Å². The standard InChI is InChI=1S/C20H18N2O/c1-15-20(16(2)23)19(14-13-17-9-5-3-6-10-17)21-22(15)18-11-7-4-8-12-18/h3-14H,1-2H3. The van der Waals surface area contributed by atoms with E-state index in [0.717, 1.165) is 16.9 Å². The van der Waals surface area contributed by atoms with E-state index in [1.807, 2.05) is 84.4 Å². The van der Waals surface area contributed by atoms with Crippen molar-refractivity contribution >= 4 is 17.9 Å². The van der Waals surface area contributed by atoms with Crippen molar-refractivity contribution in [3.8, 4) is 5.69 Å². The third kappa shape index (κ3) is 3.14. The first-order valence-electron chi connectivity index (χ1n) is 7.56. The van der Waals surface area contributed by atoms with E-state index in [1.165, 1.54) is 0 Å². The maximum atomic E-state index is 12.1. The average molecular weight is 302 g/mol. The highest BCUT2D eigenvalue weighted by molar-refractivity contribution is 5.99. The lowest BCUT2D eigenvalue weighted by molar-refractivity contribution is 0.101. The Labute approximate surface area is 135 Å². The van der Waals surface area contributed by atoms with Crippen molar-refractivity contribution in [2.45, 2.75) is 13.8 Å². The van der Waals surface area contributed by atoms with Crippen molar-refractivity contribution in [1.82, 2.24) is 9.78 Å². The fourth-order valence-electron chi connectivity index (χ4n) is 2.64. The lowest BCUT2D eigenvalue weighted by atomic mass is 10.1. The van der Waals surface area contributed by atoms with Crippen molar-refractivity contribution in [2.75, 3.05) is 0 Å². The van der Waals surface area contributed by atoms with Crippen LogP contribution in [0.2, 0.25) is 0 Å². The van der Waals surface area contributed by atoms with E-state index in [1.54, 1.807) is 6.92 Å². The molecule has 3 aromatic rings. The molecule has 0 saturated heterocycles. The van der Waals surface area contributed by atoms with Crippen molar-refractivity contribution in [1.29, 1.82) is 0 Å². The maximum absolute atomic E-state index is 12.1. The van der Waals surface area contributed by atoms with Gasteiger partial charge in [-0.05, 0) is 37.6 Å². The number of carbonyl (C=O) groups is 1. The van der Waals surface area contributed by atoms with E-state index in [2.05, 4.69) is 5.10 Å². The van der Waals surface area contributed by atoms with Gasteiger partial charge < -0.3 is 0 Å². The Morgan fingerprint density at radius 2 is 1.57 bits per heavy atom. The second-order valence-corrected chi connectivity index (χ2v) is 5.39. The molecule has 23 heavy (non-hydrogen) atoms. The summed E-state index contributed by atoms with van der Waals surface area (Å²) in [6.07, 6.45) is 3.88. The monoisotopic (exact) mass is 302 g/mol. The Morgan fingerprint density at radius 1 is 0.957 bits per heavy atom. The molecule has 1 heterocycles. The van der Waals surface area contributed by atoms with E-state index in [4.69, 9.17) is 0 Å². The lowest BCUT2D eigenvalue weighted by Gasteiger charge is -2.03. The first-order chi connectivity index (χ1) is 11.2. The molecule has 0 saturated carbocycles. The summed E-state index contributed by atoms with van der Waals surface area (Å²) in [6, 6.07) is 19.8. The number of aromatic nitrogens is 2. The van der Waals surface area contributed by atoms with Crippen molar-refractivity contribution < 1.29 is 4.79 Å². The second-order valence-electron chi connectivity index (χ2n) is 5.39. The quantitative estimate of drug-likeness (QED) is 0.662. The summed E-state index contributed by atoms with van der Waals surface area (Å²) in [5, 5.41) is 4.63. The van der Waals surface area contributed by atoms with Crippen LogP contribution < -0.4 is 0 Å². The molecule has 1 aromatic heterocycles. The molecule has 0 unspecified atom stereocenters. The van der Waals surface area contributed by atoms with Gasteiger partial charge in [-0.25, -0.2) is 4.68 Å². The molecule has 3 rings (SSSR count). The van der Waals surface area contributed by atoms with Gasteiger partial charge in [-0.1, -0.05) is 54.6 Å². The minimum absolute atomic E-state index is 0.0254. The Kier molecular flexibility index (Phi) is 4.20. The number of benzene rings is 2. The number of nitrogens with zero attached hydrogens (tertiary/aromatic N) is 2. The highest BCUT2D eigenvalue weighted by atomic mass is 16.1. The summed E-state index contributed by atoms with van der Waals surface area (Å²) in [5.41, 5.74) is 4.25. The number of hydrogen-bond donors (Lipinski definition) is 0. The molecule has 0 bridgehead atoms. The van der Waals surface area contributed by atoms with Gasteiger partial charge in [0.1, 0.15) is 0 Å². The van der Waals surface area contributed by atoms with Crippen molar-refractivity contribution in [3.05, 3.63) is 83.2 Å². The van der Waals surface area contributed by atoms with Crippen LogP contribution in [-0.4, -0.2) is 15.6 Å². The topological polar surface area (TPSA) is 34.9 Å². The highest BCUT2D eigenvalue weighted by Gasteiger charge is 2.17. The van der Waals surface area contributed by atoms with Gasteiger partial charge in [-0.2, -0.15) is 5.10 Å². The molecular weight excluding hydrogens is 284 g/mol. The molecule has 2 aromatic carbocycles. The predicted octanol–water partition coefficient (Wildman–Crippen LogP) is 4.55. The fourth-order valence-corrected chi connectivity index (χ4v) is 2.64. The Hall–Kier alpha value is -2.94. The zero-order valence-electron chi connectivity index (χ0n) is 13.2. The summed E-state index contributed by atoms with van der Waals surface area (Å²) in [7, 11) is 0. The van der Waals surface area contributed by atoms with Gasteiger partial charge in [0.2, 0.25) is 0 Å². The van der Waals surface area contributed by atoms with E-state index < -0.39 is 0 Å². The van der Waals surface area contributed by atoms with Crippen LogP contribution in [0.4, 0.5) is 0 Å². The zero-order valence-corrected chi connectivity index (χ0v) is 13.2. The minimum atomic E-state index is 0.0254. The van der Waals surface area contributed by atoms with Crippen LogP contribution in [0.5, 0.6) is 0 Å². The molecule has 0 spiro atoms. The fraction of sp³-hybridized carbons (Fsp3) is 0.100. The normalized spacial score (nSPS) is 11.0. The van der Waals surface area contributed by atoms with E-state index in [9.17, 15) is 4.79 Å². The van der Waals surface area contributed by atoms with Crippen LogP contribution >= 0.6 is 0 Å². The largest absolute Gasteiger partial charge is 0.294 e. The SMILES string of the molecule is CC(=O)c1c(C=Cc2ccccc2)nn(-c2ccccc2)c1C. The number of carbonyl (C=O) groups excluding carboxylic acids is 1. The minimum Gasteiger partial charge on any atom is -0.294 e. The molecule has 114 valence electrons. The molecule has 0 atom stereocenters. The highest BCUT2D eigenvalue weighted by Crippen LogP contribution is 2.21. The average Bonchev–Trinajstić information content (AvgIpc) is 2.91. The first-order valence-corrected chi connectivity index (χ1v) is 7.56. The molecule has 0 fully saturated rings. The molecule has 0 aliphatic heterocycles. The van der Waals surface area contributed by atoms with Gasteiger partial charge in [0, 0.05) is 0 Å². The van der Waals surface area contributed by atoms with Gasteiger partial charge >= 0.3 is 0 Å². The van der Waals surface area contributed by atoms with Gasteiger partial charge in [0.15, 0.2) is 5.78 Å². The third-order valence-electron chi connectivity index (χ3n) is 3.73. The van der Waals surface area contributed by atoms with Gasteiger partial charge in [-0.15, -0.1) is 0 Å². The zero-order chi connectivity index (χ0) is 16.2. The number of hydrogen-bond acceptors (Lipinski definition) is 2. The summed E-state index contributed by atoms with van der Waals surface area (Å²) >= 11 is 0. The molecule has 0 amide bonds. The molecule has 3 nitrogen and oxygen atoms in total. The number of ketones is 1. The van der Waals surface area contributed by atoms with Crippen molar-refractivity contribution in [2.24, 2.45) is 0 Å². The number of para-hydroxylation sites is 1.